The van der Waals surface area contributed by atoms with Gasteiger partial charge < -0.3 is 40.3 Å². The van der Waals surface area contributed by atoms with Gasteiger partial charge in [-0.25, -0.2) is 0 Å². The molecule has 1 heterocycles. The molecular weight excluding hydrogens is 1200 g/mol. The Kier molecular flexibility index (Phi) is 71.5. The number of carbonyl (C=O) groups is 1. The Morgan fingerprint density at radius 2 is 0.649 bits per heavy atom. The third kappa shape index (κ3) is 63.5. The minimum Gasteiger partial charge on any atom is -0.394 e. The van der Waals surface area contributed by atoms with Crippen molar-refractivity contribution >= 4 is 5.91 Å². The molecule has 1 aliphatic heterocycles. The summed E-state index contributed by atoms with van der Waals surface area (Å²) in [7, 11) is 0. The second-order valence-electron chi connectivity index (χ2n) is 28.5. The molecular formula is C88H157NO8. The number of hydrogen-bond donors (Lipinski definition) is 6. The Morgan fingerprint density at radius 3 is 0.990 bits per heavy atom. The Hall–Kier alpha value is -3.15. The summed E-state index contributed by atoms with van der Waals surface area (Å²) in [5.74, 6) is -0.186. The summed E-state index contributed by atoms with van der Waals surface area (Å²) in [5.41, 5.74) is 0. The topological polar surface area (TPSA) is 149 Å². The van der Waals surface area contributed by atoms with Crippen LogP contribution in [0.2, 0.25) is 0 Å². The second kappa shape index (κ2) is 75.5. The number of amides is 1. The molecule has 97 heavy (non-hydrogen) atoms. The van der Waals surface area contributed by atoms with Crippen molar-refractivity contribution in [1.29, 1.82) is 0 Å². The van der Waals surface area contributed by atoms with E-state index in [1.165, 1.54) is 283 Å². The number of aliphatic hydroxyl groups is 5. The van der Waals surface area contributed by atoms with E-state index in [4.69, 9.17) is 9.47 Å². The van der Waals surface area contributed by atoms with E-state index in [0.29, 0.717) is 6.42 Å². The van der Waals surface area contributed by atoms with Crippen LogP contribution in [0.15, 0.2) is 109 Å². The predicted octanol–water partition coefficient (Wildman–Crippen LogP) is 24.3. The smallest absolute Gasteiger partial charge is 0.220 e. The van der Waals surface area contributed by atoms with E-state index in [2.05, 4.69) is 116 Å². The zero-order chi connectivity index (χ0) is 69.9. The molecule has 1 fully saturated rings. The average Bonchev–Trinajstić information content (AvgIpc) is 0.854. The number of unbranched alkanes of at least 4 members (excludes halogenated alkanes) is 47. The van der Waals surface area contributed by atoms with Crippen molar-refractivity contribution in [2.24, 2.45) is 0 Å². The minimum absolute atomic E-state index is 0.186. The fraction of sp³-hybridized carbons (Fsp3) is 0.784. The monoisotopic (exact) mass is 1360 g/mol. The van der Waals surface area contributed by atoms with Gasteiger partial charge in [0, 0.05) is 6.42 Å². The lowest BCUT2D eigenvalue weighted by Crippen LogP contribution is -2.60. The predicted molar refractivity (Wildman–Crippen MR) is 419 cm³/mol. The number of nitrogens with one attached hydrogen (secondary N) is 1. The maximum atomic E-state index is 13.2. The minimum atomic E-state index is -1.58. The van der Waals surface area contributed by atoms with Gasteiger partial charge >= 0.3 is 0 Å². The van der Waals surface area contributed by atoms with E-state index in [9.17, 15) is 30.3 Å². The lowest BCUT2D eigenvalue weighted by atomic mass is 9.99. The number of ether oxygens (including phenoxy) is 2. The molecule has 0 aromatic carbocycles. The molecule has 6 N–H and O–H groups in total. The number of rotatable bonds is 73. The molecule has 7 unspecified atom stereocenters. The van der Waals surface area contributed by atoms with Crippen molar-refractivity contribution in [3.63, 3.8) is 0 Å². The fourth-order valence-electron chi connectivity index (χ4n) is 12.9. The van der Waals surface area contributed by atoms with Gasteiger partial charge in [0.25, 0.3) is 0 Å². The molecule has 0 bridgehead atoms. The first-order valence-electron chi connectivity index (χ1n) is 41.6. The summed E-state index contributed by atoms with van der Waals surface area (Å²) in [6, 6.07) is -0.834. The van der Waals surface area contributed by atoms with Gasteiger partial charge in [-0.15, -0.1) is 0 Å². The van der Waals surface area contributed by atoms with Crippen LogP contribution in [-0.2, 0) is 14.3 Å². The lowest BCUT2D eigenvalue weighted by molar-refractivity contribution is -0.302. The molecule has 0 aromatic rings. The van der Waals surface area contributed by atoms with Crippen LogP contribution in [0.25, 0.3) is 0 Å². The SMILES string of the molecule is CC/C=C\C/C=C\C/C=C\C/C=C\C/C=C\C/C=C\CCCCCCCCCCCCCCCCCCCCCCCCC(=O)NC(COC1OC(CO)C(O)C(O)C1O)C(O)/C=C/CC/C=C/CC/C=C/CCCCCCCCCCCCCCCCCCCCCCCCC. The highest BCUT2D eigenvalue weighted by Gasteiger charge is 2.44. The first-order valence-corrected chi connectivity index (χ1v) is 41.6. The average molecular weight is 1360 g/mol. The van der Waals surface area contributed by atoms with Crippen molar-refractivity contribution in [3.05, 3.63) is 109 Å². The second-order valence-corrected chi connectivity index (χ2v) is 28.5. The number of aliphatic hydroxyl groups excluding tert-OH is 5. The summed E-state index contributed by atoms with van der Waals surface area (Å²) in [6.07, 6.45) is 105. The summed E-state index contributed by atoms with van der Waals surface area (Å²) in [5, 5.41) is 54.9. The van der Waals surface area contributed by atoms with E-state index in [1.807, 2.05) is 6.08 Å². The van der Waals surface area contributed by atoms with Gasteiger partial charge in [0.1, 0.15) is 24.4 Å². The van der Waals surface area contributed by atoms with E-state index < -0.39 is 49.5 Å². The fourth-order valence-corrected chi connectivity index (χ4v) is 12.9. The molecule has 0 aliphatic carbocycles. The van der Waals surface area contributed by atoms with Gasteiger partial charge in [0.2, 0.25) is 5.91 Å². The van der Waals surface area contributed by atoms with Gasteiger partial charge in [-0.2, -0.15) is 0 Å². The van der Waals surface area contributed by atoms with Crippen LogP contribution < -0.4 is 5.32 Å². The van der Waals surface area contributed by atoms with Crippen molar-refractivity contribution in [2.45, 2.75) is 429 Å². The van der Waals surface area contributed by atoms with Crippen LogP contribution >= 0.6 is 0 Å². The molecule has 0 aromatic heterocycles. The Labute approximate surface area is 599 Å². The number of allylic oxidation sites excluding steroid dienone is 17. The third-order valence-electron chi connectivity index (χ3n) is 19.3. The molecule has 1 aliphatic rings. The standard InChI is InChI=1S/C88H157NO8/c1-3-5-7-9-11-13-15-17-19-21-23-25-27-29-31-33-35-37-38-39-40-41-42-43-44-46-48-50-52-54-56-58-60-62-64-66-68-70-72-74-76-78-84(92)89-81(80-96-88-87(95)86(94)85(93)83(79-90)97-88)82(91)77-75-73-71-69-67-65-63-61-59-57-55-53-51-49-47-45-36-34-32-30-28-26-24-22-20-18-16-14-12-10-8-6-4-2/h5,7,11,13,17,19,23,25,29,31,35,37,59,61,67,69,75,77,81-83,85-88,90-91,93-95H,3-4,6,8-10,12,14-16,18,20-22,24,26-28,30,32-34,36,38-58,60,62-66,68,70-74,76,78-80H2,1-2H3,(H,89,92)/b7-5-,13-11-,19-17-,25-23-,31-29-,37-35-,61-59+,69-67+,77-75+. The highest BCUT2D eigenvalue weighted by Crippen LogP contribution is 2.24. The van der Waals surface area contributed by atoms with E-state index >= 15 is 0 Å². The Bertz CT molecular complexity index is 1920. The van der Waals surface area contributed by atoms with Crippen LogP contribution in [0.1, 0.15) is 386 Å². The molecule has 1 amide bonds. The zero-order valence-corrected chi connectivity index (χ0v) is 63.3. The molecule has 0 radical (unpaired) electrons. The van der Waals surface area contributed by atoms with Crippen molar-refractivity contribution in [2.75, 3.05) is 13.2 Å². The molecule has 1 rings (SSSR count). The molecule has 9 nitrogen and oxygen atoms in total. The quantitative estimate of drug-likeness (QED) is 0.0261. The van der Waals surface area contributed by atoms with Crippen LogP contribution in [0.5, 0.6) is 0 Å². The molecule has 0 saturated carbocycles. The van der Waals surface area contributed by atoms with Crippen LogP contribution in [0, 0.1) is 0 Å². The summed E-state index contributed by atoms with van der Waals surface area (Å²) in [4.78, 5) is 13.2. The first-order chi connectivity index (χ1) is 47.8. The maximum absolute atomic E-state index is 13.2. The Morgan fingerprint density at radius 1 is 0.361 bits per heavy atom. The van der Waals surface area contributed by atoms with E-state index in [0.717, 1.165) is 83.5 Å². The summed E-state index contributed by atoms with van der Waals surface area (Å²) in [6.45, 7) is 3.69. The summed E-state index contributed by atoms with van der Waals surface area (Å²) < 4.78 is 11.3. The van der Waals surface area contributed by atoms with Crippen molar-refractivity contribution in [1.82, 2.24) is 5.32 Å². The highest BCUT2D eigenvalue weighted by molar-refractivity contribution is 5.76. The molecule has 1 saturated heterocycles. The molecule has 562 valence electrons. The van der Waals surface area contributed by atoms with Gasteiger partial charge in [-0.1, -0.05) is 393 Å². The first kappa shape index (κ1) is 91.9. The van der Waals surface area contributed by atoms with Gasteiger partial charge in [0.05, 0.1) is 25.4 Å². The highest BCUT2D eigenvalue weighted by atomic mass is 16.7. The zero-order valence-electron chi connectivity index (χ0n) is 63.3. The Balaban J connectivity index is 2.08. The normalized spacial score (nSPS) is 17.9. The third-order valence-corrected chi connectivity index (χ3v) is 19.3. The van der Waals surface area contributed by atoms with Gasteiger partial charge in [0.15, 0.2) is 6.29 Å². The van der Waals surface area contributed by atoms with Crippen molar-refractivity contribution < 1.29 is 39.8 Å². The van der Waals surface area contributed by atoms with Crippen molar-refractivity contribution in [3.8, 4) is 0 Å². The molecule has 0 spiro atoms. The van der Waals surface area contributed by atoms with Gasteiger partial charge in [-0.05, 0) is 96.3 Å². The largest absolute Gasteiger partial charge is 0.394 e. The lowest BCUT2D eigenvalue weighted by Gasteiger charge is -2.40. The maximum Gasteiger partial charge on any atom is 0.220 e. The molecule has 7 atom stereocenters. The van der Waals surface area contributed by atoms with Crippen LogP contribution in [0.3, 0.4) is 0 Å². The molecule has 9 heteroatoms. The number of carbonyl (C=O) groups excluding carboxylic acids is 1. The van der Waals surface area contributed by atoms with E-state index in [-0.39, 0.29) is 12.5 Å². The van der Waals surface area contributed by atoms with Gasteiger partial charge in [-0.3, -0.25) is 4.79 Å². The number of hydrogen-bond acceptors (Lipinski definition) is 8. The van der Waals surface area contributed by atoms with E-state index in [1.54, 1.807) is 6.08 Å². The summed E-state index contributed by atoms with van der Waals surface area (Å²) >= 11 is 0. The van der Waals surface area contributed by atoms with Crippen LogP contribution in [-0.4, -0.2) is 87.5 Å². The van der Waals surface area contributed by atoms with Crippen LogP contribution in [0.4, 0.5) is 0 Å².